The Bertz CT molecular complexity index is 530. The Balaban J connectivity index is 1.66. The van der Waals surface area contributed by atoms with Crippen LogP contribution < -0.4 is 5.32 Å². The standard InChI is InChI=1S/C17H24N2S/c1-3-10-18-14-9-8-13(12(14)2)11-17-19-15-6-4-5-7-16(15)20-17/h4-7,12-14,18H,3,8-11H2,1-2H3. The molecule has 20 heavy (non-hydrogen) atoms. The third kappa shape index (κ3) is 2.89. The van der Waals surface area contributed by atoms with E-state index in [1.807, 2.05) is 11.3 Å². The van der Waals surface area contributed by atoms with Crippen molar-refractivity contribution in [3.8, 4) is 0 Å². The second kappa shape index (κ2) is 6.23. The molecule has 0 amide bonds. The molecule has 3 atom stereocenters. The van der Waals surface area contributed by atoms with E-state index in [-0.39, 0.29) is 0 Å². The lowest BCUT2D eigenvalue weighted by atomic mass is 9.93. The van der Waals surface area contributed by atoms with Crippen molar-refractivity contribution in [1.82, 2.24) is 10.3 Å². The maximum absolute atomic E-state index is 4.80. The van der Waals surface area contributed by atoms with Crippen LogP contribution >= 0.6 is 11.3 Å². The molecule has 2 nitrogen and oxygen atoms in total. The summed E-state index contributed by atoms with van der Waals surface area (Å²) >= 11 is 1.87. The van der Waals surface area contributed by atoms with Gasteiger partial charge in [-0.25, -0.2) is 4.98 Å². The van der Waals surface area contributed by atoms with Gasteiger partial charge in [0, 0.05) is 12.5 Å². The second-order valence-electron chi connectivity index (χ2n) is 6.04. The van der Waals surface area contributed by atoms with Gasteiger partial charge in [-0.15, -0.1) is 11.3 Å². The quantitative estimate of drug-likeness (QED) is 0.889. The molecule has 1 saturated carbocycles. The van der Waals surface area contributed by atoms with E-state index in [0.29, 0.717) is 6.04 Å². The first-order valence-electron chi connectivity index (χ1n) is 7.85. The first kappa shape index (κ1) is 14.0. The predicted molar refractivity (Wildman–Crippen MR) is 87.3 cm³/mol. The van der Waals surface area contributed by atoms with E-state index in [9.17, 15) is 0 Å². The minimum atomic E-state index is 0.717. The molecule has 1 N–H and O–H groups in total. The number of para-hydroxylation sites is 1. The lowest BCUT2D eigenvalue weighted by Crippen LogP contribution is -2.33. The molecule has 1 heterocycles. The van der Waals surface area contributed by atoms with Crippen LogP contribution in [0.3, 0.4) is 0 Å². The summed E-state index contributed by atoms with van der Waals surface area (Å²) < 4.78 is 1.33. The highest BCUT2D eigenvalue weighted by atomic mass is 32.1. The van der Waals surface area contributed by atoms with Crippen molar-refractivity contribution in [1.29, 1.82) is 0 Å². The number of benzene rings is 1. The summed E-state index contributed by atoms with van der Waals surface area (Å²) in [4.78, 5) is 4.80. The molecule has 108 valence electrons. The summed E-state index contributed by atoms with van der Waals surface area (Å²) in [5.41, 5.74) is 1.17. The number of rotatable bonds is 5. The molecule has 0 aliphatic heterocycles. The first-order valence-corrected chi connectivity index (χ1v) is 8.67. The molecule has 0 bridgehead atoms. The van der Waals surface area contributed by atoms with Gasteiger partial charge >= 0.3 is 0 Å². The maximum Gasteiger partial charge on any atom is 0.0941 e. The van der Waals surface area contributed by atoms with Gasteiger partial charge in [0.15, 0.2) is 0 Å². The summed E-state index contributed by atoms with van der Waals surface area (Å²) in [7, 11) is 0. The normalized spacial score (nSPS) is 26.4. The fraction of sp³-hybridized carbons (Fsp3) is 0.588. The van der Waals surface area contributed by atoms with Crippen LogP contribution in [0.1, 0.15) is 38.1 Å². The average Bonchev–Trinajstić information content (AvgIpc) is 3.01. The predicted octanol–water partition coefficient (Wildman–Crippen LogP) is 4.25. The highest BCUT2D eigenvalue weighted by molar-refractivity contribution is 7.18. The number of aromatic nitrogens is 1. The molecule has 0 radical (unpaired) electrons. The number of nitrogens with one attached hydrogen (secondary N) is 1. The van der Waals surface area contributed by atoms with Gasteiger partial charge < -0.3 is 5.32 Å². The minimum absolute atomic E-state index is 0.717. The second-order valence-corrected chi connectivity index (χ2v) is 7.15. The zero-order valence-corrected chi connectivity index (χ0v) is 13.2. The van der Waals surface area contributed by atoms with Crippen LogP contribution in [0.25, 0.3) is 10.2 Å². The van der Waals surface area contributed by atoms with E-state index in [1.54, 1.807) is 0 Å². The van der Waals surface area contributed by atoms with Crippen LogP contribution in [0.5, 0.6) is 0 Å². The molecule has 0 spiro atoms. The monoisotopic (exact) mass is 288 g/mol. The molecule has 3 unspecified atom stereocenters. The topological polar surface area (TPSA) is 24.9 Å². The molecular formula is C17H24N2S. The van der Waals surface area contributed by atoms with Crippen LogP contribution in [0.15, 0.2) is 24.3 Å². The van der Waals surface area contributed by atoms with Gasteiger partial charge in [0.05, 0.1) is 15.2 Å². The third-order valence-corrected chi connectivity index (χ3v) is 5.72. The Morgan fingerprint density at radius 2 is 2.15 bits per heavy atom. The van der Waals surface area contributed by atoms with Crippen molar-refractivity contribution in [3.05, 3.63) is 29.3 Å². The zero-order valence-electron chi connectivity index (χ0n) is 12.4. The number of thiazole rings is 1. The highest BCUT2D eigenvalue weighted by Gasteiger charge is 2.32. The molecule has 0 saturated heterocycles. The molecule has 1 aliphatic rings. The molecule has 3 rings (SSSR count). The number of hydrogen-bond donors (Lipinski definition) is 1. The Hall–Kier alpha value is -0.930. The summed E-state index contributed by atoms with van der Waals surface area (Å²) in [5.74, 6) is 1.57. The zero-order chi connectivity index (χ0) is 13.9. The van der Waals surface area contributed by atoms with E-state index in [2.05, 4.69) is 43.4 Å². The number of fused-ring (bicyclic) bond motifs is 1. The van der Waals surface area contributed by atoms with Crippen molar-refractivity contribution >= 4 is 21.6 Å². The van der Waals surface area contributed by atoms with E-state index >= 15 is 0 Å². The van der Waals surface area contributed by atoms with Crippen LogP contribution in [0, 0.1) is 11.8 Å². The average molecular weight is 288 g/mol. The Labute approximate surface area is 125 Å². The summed E-state index contributed by atoms with van der Waals surface area (Å²) in [5, 5.41) is 5.03. The first-order chi connectivity index (χ1) is 9.78. The summed E-state index contributed by atoms with van der Waals surface area (Å²) in [6.07, 6.45) is 5.06. The van der Waals surface area contributed by atoms with E-state index in [4.69, 9.17) is 4.98 Å². The van der Waals surface area contributed by atoms with Gasteiger partial charge in [-0.1, -0.05) is 26.0 Å². The van der Waals surface area contributed by atoms with Gasteiger partial charge in [-0.05, 0) is 49.8 Å². The van der Waals surface area contributed by atoms with Gasteiger partial charge in [0.25, 0.3) is 0 Å². The minimum Gasteiger partial charge on any atom is -0.314 e. The van der Waals surface area contributed by atoms with E-state index in [0.717, 1.165) is 24.8 Å². The largest absolute Gasteiger partial charge is 0.314 e. The third-order valence-electron chi connectivity index (χ3n) is 4.66. The number of nitrogens with zero attached hydrogens (tertiary/aromatic N) is 1. The van der Waals surface area contributed by atoms with Gasteiger partial charge in [-0.3, -0.25) is 0 Å². The van der Waals surface area contributed by atoms with Gasteiger partial charge in [0.2, 0.25) is 0 Å². The van der Waals surface area contributed by atoms with Crippen molar-refractivity contribution in [2.45, 2.75) is 45.6 Å². The Kier molecular flexibility index (Phi) is 4.37. The van der Waals surface area contributed by atoms with Crippen LogP contribution in [0.4, 0.5) is 0 Å². The lowest BCUT2D eigenvalue weighted by Gasteiger charge is -2.21. The van der Waals surface area contributed by atoms with Crippen LogP contribution in [-0.4, -0.2) is 17.6 Å². The van der Waals surface area contributed by atoms with E-state index in [1.165, 1.54) is 34.5 Å². The lowest BCUT2D eigenvalue weighted by molar-refractivity contribution is 0.351. The molecular weight excluding hydrogens is 264 g/mol. The van der Waals surface area contributed by atoms with Gasteiger partial charge in [0.1, 0.15) is 0 Å². The summed E-state index contributed by atoms with van der Waals surface area (Å²) in [6, 6.07) is 9.20. The van der Waals surface area contributed by atoms with Crippen molar-refractivity contribution in [3.63, 3.8) is 0 Å². The molecule has 1 aromatic carbocycles. The number of hydrogen-bond acceptors (Lipinski definition) is 3. The van der Waals surface area contributed by atoms with Crippen molar-refractivity contribution in [2.75, 3.05) is 6.54 Å². The van der Waals surface area contributed by atoms with Gasteiger partial charge in [-0.2, -0.15) is 0 Å². The Morgan fingerprint density at radius 3 is 2.95 bits per heavy atom. The fourth-order valence-electron chi connectivity index (χ4n) is 3.39. The van der Waals surface area contributed by atoms with Crippen LogP contribution in [0.2, 0.25) is 0 Å². The van der Waals surface area contributed by atoms with Crippen LogP contribution in [-0.2, 0) is 6.42 Å². The van der Waals surface area contributed by atoms with E-state index < -0.39 is 0 Å². The highest BCUT2D eigenvalue weighted by Crippen LogP contribution is 2.35. The molecule has 2 aromatic rings. The molecule has 1 aromatic heterocycles. The fourth-order valence-corrected chi connectivity index (χ4v) is 4.45. The molecule has 3 heteroatoms. The molecule has 1 aliphatic carbocycles. The Morgan fingerprint density at radius 1 is 1.30 bits per heavy atom. The maximum atomic E-state index is 4.80. The van der Waals surface area contributed by atoms with Crippen molar-refractivity contribution < 1.29 is 0 Å². The summed E-state index contributed by atoms with van der Waals surface area (Å²) in [6.45, 7) is 5.81. The molecule has 1 fully saturated rings. The SMILES string of the molecule is CCCNC1CCC(Cc2nc3ccccc3s2)C1C. The van der Waals surface area contributed by atoms with Crippen molar-refractivity contribution in [2.24, 2.45) is 11.8 Å². The smallest absolute Gasteiger partial charge is 0.0941 e.